The highest BCUT2D eigenvalue weighted by Crippen LogP contribution is 2.32. The molecule has 28 heavy (non-hydrogen) atoms. The van der Waals surface area contributed by atoms with E-state index in [2.05, 4.69) is 10.3 Å². The number of halogens is 2. The molecule has 0 spiro atoms. The van der Waals surface area contributed by atoms with E-state index in [4.69, 9.17) is 5.26 Å². The van der Waals surface area contributed by atoms with Gasteiger partial charge in [0, 0.05) is 42.8 Å². The lowest BCUT2D eigenvalue weighted by Gasteiger charge is -2.23. The number of para-hydroxylation sites is 1. The number of nitriles is 1. The van der Waals surface area contributed by atoms with E-state index in [-0.39, 0.29) is 12.6 Å². The number of nitrogens with one attached hydrogen (secondary N) is 1. The fourth-order valence-electron chi connectivity index (χ4n) is 4.01. The Hall–Kier alpha value is -2.79. The maximum atomic E-state index is 13.6. The number of rotatable bonds is 4. The summed E-state index contributed by atoms with van der Waals surface area (Å²) in [7, 11) is 0. The molecule has 0 saturated carbocycles. The minimum atomic E-state index is -2.98. The molecule has 2 saturated heterocycles. The topological polar surface area (TPSA) is 72.3 Å². The SMILES string of the molecule is N#C[C@@H]1CC(F)(F)CN1C(=O)CN1CC[C@H](Nc2ccnc3ccccc23)C1. The Bertz CT molecular complexity index is 923. The standard InChI is InChI=1S/C20H21F2N5O/c21-20(22)9-15(10-23)27(13-20)19(28)12-26-8-6-14(11-26)25-18-5-7-24-17-4-2-1-3-16(17)18/h1-5,7,14-15H,6,8-9,11-13H2,(H,24,25)/t14-,15-/m0/s1. The van der Waals surface area contributed by atoms with E-state index >= 15 is 0 Å². The zero-order valence-electron chi connectivity index (χ0n) is 15.3. The van der Waals surface area contributed by atoms with Gasteiger partial charge in [-0.25, -0.2) is 8.78 Å². The normalized spacial score (nSPS) is 24.4. The fourth-order valence-corrected chi connectivity index (χ4v) is 4.01. The first kappa shape index (κ1) is 18.6. The van der Waals surface area contributed by atoms with Crippen LogP contribution in [0, 0.1) is 11.3 Å². The summed E-state index contributed by atoms with van der Waals surface area (Å²) in [6.45, 7) is 0.740. The van der Waals surface area contributed by atoms with Gasteiger partial charge in [-0.2, -0.15) is 5.26 Å². The van der Waals surface area contributed by atoms with Crippen molar-refractivity contribution in [2.75, 3.05) is 31.5 Å². The second-order valence-corrected chi connectivity index (χ2v) is 7.47. The van der Waals surface area contributed by atoms with Crippen LogP contribution >= 0.6 is 0 Å². The number of pyridine rings is 1. The number of alkyl halides is 2. The van der Waals surface area contributed by atoms with Crippen LogP contribution < -0.4 is 5.32 Å². The molecule has 2 aromatic rings. The first-order valence-corrected chi connectivity index (χ1v) is 9.35. The Morgan fingerprint density at radius 2 is 2.18 bits per heavy atom. The van der Waals surface area contributed by atoms with E-state index in [0.717, 1.165) is 27.9 Å². The van der Waals surface area contributed by atoms with Gasteiger partial charge in [0.05, 0.1) is 24.7 Å². The van der Waals surface area contributed by atoms with Crippen molar-refractivity contribution in [2.24, 2.45) is 0 Å². The first-order chi connectivity index (χ1) is 13.4. The van der Waals surface area contributed by atoms with Crippen molar-refractivity contribution < 1.29 is 13.6 Å². The quantitative estimate of drug-likeness (QED) is 0.876. The molecular formula is C20H21F2N5O. The smallest absolute Gasteiger partial charge is 0.268 e. The number of carbonyl (C=O) groups excluding carboxylic acids is 1. The minimum Gasteiger partial charge on any atom is -0.380 e. The monoisotopic (exact) mass is 385 g/mol. The molecule has 0 unspecified atom stereocenters. The number of hydrogen-bond donors (Lipinski definition) is 1. The van der Waals surface area contributed by atoms with Crippen molar-refractivity contribution >= 4 is 22.5 Å². The summed E-state index contributed by atoms with van der Waals surface area (Å²) in [5.41, 5.74) is 1.91. The number of amides is 1. The van der Waals surface area contributed by atoms with Gasteiger partial charge in [-0.05, 0) is 18.6 Å². The van der Waals surface area contributed by atoms with Crippen LogP contribution in [-0.2, 0) is 4.79 Å². The number of hydrogen-bond acceptors (Lipinski definition) is 5. The predicted octanol–water partition coefficient (Wildman–Crippen LogP) is 2.48. The second-order valence-electron chi connectivity index (χ2n) is 7.47. The highest BCUT2D eigenvalue weighted by Gasteiger charge is 2.47. The van der Waals surface area contributed by atoms with Crippen molar-refractivity contribution in [3.8, 4) is 6.07 Å². The molecule has 1 aromatic carbocycles. The first-order valence-electron chi connectivity index (χ1n) is 9.35. The summed E-state index contributed by atoms with van der Waals surface area (Å²) in [6.07, 6.45) is 2.03. The Kier molecular flexibility index (Phi) is 4.85. The van der Waals surface area contributed by atoms with Gasteiger partial charge in [0.1, 0.15) is 6.04 Å². The number of carbonyl (C=O) groups is 1. The van der Waals surface area contributed by atoms with Crippen LogP contribution in [0.4, 0.5) is 14.5 Å². The van der Waals surface area contributed by atoms with Crippen molar-refractivity contribution in [3.63, 3.8) is 0 Å². The van der Waals surface area contributed by atoms with Crippen molar-refractivity contribution in [1.29, 1.82) is 5.26 Å². The number of aromatic nitrogens is 1. The molecule has 0 radical (unpaired) electrons. The third-order valence-corrected chi connectivity index (χ3v) is 5.38. The lowest BCUT2D eigenvalue weighted by Crippen LogP contribution is -2.43. The van der Waals surface area contributed by atoms with Gasteiger partial charge in [0.25, 0.3) is 5.92 Å². The average Bonchev–Trinajstić information content (AvgIpc) is 3.25. The zero-order valence-corrected chi connectivity index (χ0v) is 15.3. The average molecular weight is 385 g/mol. The van der Waals surface area contributed by atoms with Crippen LogP contribution in [0.2, 0.25) is 0 Å². The highest BCUT2D eigenvalue weighted by molar-refractivity contribution is 5.91. The van der Waals surface area contributed by atoms with Crippen molar-refractivity contribution in [3.05, 3.63) is 36.5 Å². The number of benzene rings is 1. The molecule has 1 aromatic heterocycles. The van der Waals surface area contributed by atoms with E-state index in [1.807, 2.05) is 41.3 Å². The van der Waals surface area contributed by atoms with Gasteiger partial charge in [-0.1, -0.05) is 18.2 Å². The van der Waals surface area contributed by atoms with Gasteiger partial charge in [0.15, 0.2) is 0 Å². The van der Waals surface area contributed by atoms with E-state index in [9.17, 15) is 13.6 Å². The number of fused-ring (bicyclic) bond motifs is 1. The maximum Gasteiger partial charge on any atom is 0.268 e. The lowest BCUT2D eigenvalue weighted by atomic mass is 10.1. The Morgan fingerprint density at radius 1 is 1.36 bits per heavy atom. The molecule has 6 nitrogen and oxygen atoms in total. The van der Waals surface area contributed by atoms with Gasteiger partial charge in [-0.3, -0.25) is 14.7 Å². The van der Waals surface area contributed by atoms with Gasteiger partial charge < -0.3 is 10.2 Å². The minimum absolute atomic E-state index is 0.0591. The summed E-state index contributed by atoms with van der Waals surface area (Å²) in [4.78, 5) is 19.8. The van der Waals surface area contributed by atoms with Gasteiger partial charge >= 0.3 is 0 Å². The fraction of sp³-hybridized carbons (Fsp3) is 0.450. The second kappa shape index (κ2) is 7.32. The van der Waals surface area contributed by atoms with E-state index < -0.39 is 30.8 Å². The summed E-state index contributed by atoms with van der Waals surface area (Å²) in [5.74, 6) is -3.38. The Balaban J connectivity index is 1.37. The highest BCUT2D eigenvalue weighted by atomic mass is 19.3. The third kappa shape index (κ3) is 3.76. The third-order valence-electron chi connectivity index (χ3n) is 5.38. The molecule has 2 aliphatic rings. The summed E-state index contributed by atoms with van der Waals surface area (Å²) < 4.78 is 27.1. The summed E-state index contributed by atoms with van der Waals surface area (Å²) in [6, 6.07) is 10.7. The number of likely N-dealkylation sites (tertiary alicyclic amines) is 2. The largest absolute Gasteiger partial charge is 0.380 e. The Labute approximate surface area is 161 Å². The summed E-state index contributed by atoms with van der Waals surface area (Å²) in [5, 5.41) is 13.6. The molecule has 4 rings (SSSR count). The van der Waals surface area contributed by atoms with Crippen molar-refractivity contribution in [2.45, 2.75) is 30.8 Å². The number of nitrogens with zero attached hydrogens (tertiary/aromatic N) is 4. The van der Waals surface area contributed by atoms with E-state index in [1.54, 1.807) is 6.20 Å². The van der Waals surface area contributed by atoms with Crippen LogP contribution in [0.15, 0.2) is 36.5 Å². The lowest BCUT2D eigenvalue weighted by molar-refractivity contribution is -0.133. The van der Waals surface area contributed by atoms with Crippen LogP contribution in [0.5, 0.6) is 0 Å². The van der Waals surface area contributed by atoms with Crippen LogP contribution in [0.3, 0.4) is 0 Å². The molecule has 1 amide bonds. The molecule has 2 fully saturated rings. The number of anilines is 1. The van der Waals surface area contributed by atoms with E-state index in [0.29, 0.717) is 13.1 Å². The molecule has 8 heteroatoms. The molecule has 2 aliphatic heterocycles. The summed E-state index contributed by atoms with van der Waals surface area (Å²) >= 11 is 0. The van der Waals surface area contributed by atoms with Crippen molar-refractivity contribution in [1.82, 2.24) is 14.8 Å². The zero-order chi connectivity index (χ0) is 19.7. The van der Waals surface area contributed by atoms with Crippen LogP contribution in [0.1, 0.15) is 12.8 Å². The van der Waals surface area contributed by atoms with Crippen LogP contribution in [0.25, 0.3) is 10.9 Å². The van der Waals surface area contributed by atoms with Gasteiger partial charge in [0.2, 0.25) is 5.91 Å². The molecule has 0 bridgehead atoms. The molecule has 2 atom stereocenters. The molecular weight excluding hydrogens is 364 g/mol. The van der Waals surface area contributed by atoms with Crippen LogP contribution in [-0.4, -0.2) is 64.9 Å². The Morgan fingerprint density at radius 3 is 3.00 bits per heavy atom. The molecule has 0 aliphatic carbocycles. The molecule has 146 valence electrons. The molecule has 1 N–H and O–H groups in total. The maximum absolute atomic E-state index is 13.6. The van der Waals surface area contributed by atoms with Gasteiger partial charge in [-0.15, -0.1) is 0 Å². The molecule has 3 heterocycles. The predicted molar refractivity (Wildman–Crippen MR) is 101 cm³/mol. The van der Waals surface area contributed by atoms with E-state index in [1.165, 1.54) is 0 Å².